The summed E-state index contributed by atoms with van der Waals surface area (Å²) in [5.74, 6) is -0.278. The lowest BCUT2D eigenvalue weighted by molar-refractivity contribution is 0.450. The highest BCUT2D eigenvalue weighted by Crippen LogP contribution is 2.28. The van der Waals surface area contributed by atoms with E-state index in [0.717, 1.165) is 0 Å². The molecule has 2 unspecified atom stereocenters. The summed E-state index contributed by atoms with van der Waals surface area (Å²) in [6.45, 7) is 0. The van der Waals surface area contributed by atoms with Gasteiger partial charge in [0.1, 0.15) is 11.6 Å². The standard InChI is InChI=1S/C9H12FN3O/c10-5-1-2-8(14)6(3-5)7-4-9(11)13-12-7/h1-3,7,9,12-14H,4,11H2. The predicted molar refractivity (Wildman–Crippen MR) is 49.7 cm³/mol. The predicted octanol–water partition coefficient (Wildman–Crippen LogP) is 0.355. The van der Waals surface area contributed by atoms with Crippen LogP contribution in [0.4, 0.5) is 4.39 Å². The van der Waals surface area contributed by atoms with E-state index in [9.17, 15) is 9.50 Å². The first-order valence-electron chi connectivity index (χ1n) is 4.42. The van der Waals surface area contributed by atoms with Gasteiger partial charge in [-0.25, -0.2) is 15.2 Å². The quantitative estimate of drug-likeness (QED) is 0.524. The molecule has 0 aromatic heterocycles. The van der Waals surface area contributed by atoms with Gasteiger partial charge in [0, 0.05) is 5.56 Å². The summed E-state index contributed by atoms with van der Waals surface area (Å²) in [4.78, 5) is 0. The van der Waals surface area contributed by atoms with Crippen molar-refractivity contribution in [2.45, 2.75) is 18.6 Å². The number of phenols is 1. The fourth-order valence-corrected chi connectivity index (χ4v) is 1.59. The van der Waals surface area contributed by atoms with Crippen molar-refractivity contribution >= 4 is 0 Å². The lowest BCUT2D eigenvalue weighted by Gasteiger charge is -2.11. The second kappa shape index (κ2) is 3.53. The number of rotatable bonds is 1. The van der Waals surface area contributed by atoms with Crippen LogP contribution in [0.2, 0.25) is 0 Å². The Labute approximate surface area is 80.9 Å². The summed E-state index contributed by atoms with van der Waals surface area (Å²) in [5, 5.41) is 9.51. The van der Waals surface area contributed by atoms with Crippen molar-refractivity contribution in [3.8, 4) is 5.75 Å². The maximum Gasteiger partial charge on any atom is 0.123 e. The molecule has 1 saturated heterocycles. The van der Waals surface area contributed by atoms with E-state index in [1.165, 1.54) is 18.2 Å². The van der Waals surface area contributed by atoms with Crippen molar-refractivity contribution in [2.24, 2.45) is 5.73 Å². The number of hydrazine groups is 1. The maximum atomic E-state index is 12.9. The van der Waals surface area contributed by atoms with Crippen LogP contribution in [0.5, 0.6) is 5.75 Å². The van der Waals surface area contributed by atoms with E-state index in [-0.39, 0.29) is 23.8 Å². The normalized spacial score (nSPS) is 26.7. The van der Waals surface area contributed by atoms with Crippen LogP contribution in [0.25, 0.3) is 0 Å². The molecule has 0 spiro atoms. The number of hydrogen-bond acceptors (Lipinski definition) is 4. The highest BCUT2D eigenvalue weighted by molar-refractivity contribution is 5.35. The van der Waals surface area contributed by atoms with Crippen LogP contribution < -0.4 is 16.6 Å². The minimum atomic E-state index is -0.361. The molecule has 76 valence electrons. The lowest BCUT2D eigenvalue weighted by atomic mass is 10.0. The van der Waals surface area contributed by atoms with Gasteiger partial charge >= 0.3 is 0 Å². The molecule has 4 nitrogen and oxygen atoms in total. The van der Waals surface area contributed by atoms with Gasteiger partial charge in [0.05, 0.1) is 12.2 Å². The molecule has 1 aromatic rings. The van der Waals surface area contributed by atoms with Crippen LogP contribution in [0.15, 0.2) is 18.2 Å². The molecule has 1 aliphatic rings. The Bertz CT molecular complexity index is 345. The van der Waals surface area contributed by atoms with Crippen molar-refractivity contribution in [2.75, 3.05) is 0 Å². The van der Waals surface area contributed by atoms with Gasteiger partial charge in [-0.3, -0.25) is 0 Å². The molecule has 0 saturated carbocycles. The summed E-state index contributed by atoms with van der Waals surface area (Å²) < 4.78 is 12.9. The van der Waals surface area contributed by atoms with Crippen LogP contribution >= 0.6 is 0 Å². The van der Waals surface area contributed by atoms with Gasteiger partial charge in [0.15, 0.2) is 0 Å². The molecule has 0 amide bonds. The number of halogens is 1. The van der Waals surface area contributed by atoms with E-state index in [4.69, 9.17) is 5.73 Å². The SMILES string of the molecule is NC1CC(c2cc(F)ccc2O)NN1. The molecule has 2 rings (SSSR count). The molecular weight excluding hydrogens is 185 g/mol. The Balaban J connectivity index is 2.27. The summed E-state index contributed by atoms with van der Waals surface area (Å²) in [6, 6.07) is 3.74. The zero-order chi connectivity index (χ0) is 10.1. The number of phenolic OH excluding ortho intramolecular Hbond substituents is 1. The molecule has 1 aliphatic heterocycles. The summed E-state index contributed by atoms with van der Waals surface area (Å²) in [6.07, 6.45) is 0.458. The van der Waals surface area contributed by atoms with E-state index in [1.807, 2.05) is 0 Å². The van der Waals surface area contributed by atoms with Gasteiger partial charge in [-0.05, 0) is 24.6 Å². The molecular formula is C9H12FN3O. The first-order chi connectivity index (χ1) is 6.66. The Hall–Kier alpha value is -1.17. The smallest absolute Gasteiger partial charge is 0.123 e. The minimum absolute atomic E-state index is 0.0831. The highest BCUT2D eigenvalue weighted by atomic mass is 19.1. The number of nitrogens with one attached hydrogen (secondary N) is 2. The van der Waals surface area contributed by atoms with Crippen molar-refractivity contribution in [3.05, 3.63) is 29.6 Å². The second-order valence-electron chi connectivity index (χ2n) is 3.39. The van der Waals surface area contributed by atoms with Gasteiger partial charge < -0.3 is 10.8 Å². The summed E-state index contributed by atoms with van der Waals surface area (Å²) in [5.41, 5.74) is 11.8. The zero-order valence-corrected chi connectivity index (χ0v) is 7.50. The van der Waals surface area contributed by atoms with Crippen LogP contribution in [0, 0.1) is 5.82 Å². The number of hydrogen-bond donors (Lipinski definition) is 4. The topological polar surface area (TPSA) is 70.3 Å². The van der Waals surface area contributed by atoms with Crippen molar-refractivity contribution in [3.63, 3.8) is 0 Å². The van der Waals surface area contributed by atoms with Crippen molar-refractivity contribution in [1.82, 2.24) is 10.9 Å². The lowest BCUT2D eigenvalue weighted by Crippen LogP contribution is -2.36. The summed E-state index contributed by atoms with van der Waals surface area (Å²) in [7, 11) is 0. The van der Waals surface area contributed by atoms with Gasteiger partial charge in [-0.1, -0.05) is 0 Å². The van der Waals surface area contributed by atoms with Gasteiger partial charge in [0.25, 0.3) is 0 Å². The van der Waals surface area contributed by atoms with E-state index in [1.54, 1.807) is 0 Å². The molecule has 2 atom stereocenters. The van der Waals surface area contributed by atoms with Gasteiger partial charge in [-0.2, -0.15) is 0 Å². The van der Waals surface area contributed by atoms with Crippen molar-refractivity contribution < 1.29 is 9.50 Å². The van der Waals surface area contributed by atoms with Crippen LogP contribution in [0.3, 0.4) is 0 Å². The van der Waals surface area contributed by atoms with Gasteiger partial charge in [0.2, 0.25) is 0 Å². The van der Waals surface area contributed by atoms with Crippen LogP contribution in [0.1, 0.15) is 18.0 Å². The third kappa shape index (κ3) is 1.70. The molecule has 14 heavy (non-hydrogen) atoms. The van der Waals surface area contributed by atoms with Crippen LogP contribution in [-0.2, 0) is 0 Å². The Morgan fingerprint density at radius 2 is 2.21 bits per heavy atom. The molecule has 5 heteroatoms. The largest absolute Gasteiger partial charge is 0.508 e. The number of nitrogens with two attached hydrogens (primary N) is 1. The Kier molecular flexibility index (Phi) is 2.37. The van der Waals surface area contributed by atoms with Gasteiger partial charge in [-0.15, -0.1) is 0 Å². The average Bonchev–Trinajstić information content (AvgIpc) is 2.56. The number of benzene rings is 1. The molecule has 0 bridgehead atoms. The van der Waals surface area contributed by atoms with Crippen LogP contribution in [-0.4, -0.2) is 11.3 Å². The monoisotopic (exact) mass is 197 g/mol. The van der Waals surface area contributed by atoms with E-state index < -0.39 is 0 Å². The fourth-order valence-electron chi connectivity index (χ4n) is 1.59. The first-order valence-corrected chi connectivity index (χ1v) is 4.42. The molecule has 0 aliphatic carbocycles. The molecule has 1 aromatic carbocycles. The Morgan fingerprint density at radius 3 is 2.86 bits per heavy atom. The highest BCUT2D eigenvalue weighted by Gasteiger charge is 2.24. The van der Waals surface area contributed by atoms with Crippen molar-refractivity contribution in [1.29, 1.82) is 0 Å². The Morgan fingerprint density at radius 1 is 1.43 bits per heavy atom. The molecule has 5 N–H and O–H groups in total. The average molecular weight is 197 g/mol. The molecule has 1 heterocycles. The molecule has 0 radical (unpaired) electrons. The third-order valence-corrected chi connectivity index (χ3v) is 2.30. The zero-order valence-electron chi connectivity index (χ0n) is 7.50. The minimum Gasteiger partial charge on any atom is -0.508 e. The molecule has 1 fully saturated rings. The van der Waals surface area contributed by atoms with E-state index >= 15 is 0 Å². The second-order valence-corrected chi connectivity index (χ2v) is 3.39. The number of aromatic hydroxyl groups is 1. The van der Waals surface area contributed by atoms with E-state index in [0.29, 0.717) is 12.0 Å². The third-order valence-electron chi connectivity index (χ3n) is 2.30. The fraction of sp³-hybridized carbons (Fsp3) is 0.333. The van der Waals surface area contributed by atoms with E-state index in [2.05, 4.69) is 10.9 Å². The maximum absolute atomic E-state index is 12.9. The first kappa shape index (κ1) is 9.39. The summed E-state index contributed by atoms with van der Waals surface area (Å²) >= 11 is 0.